The van der Waals surface area contributed by atoms with Crippen LogP contribution in [0.4, 0.5) is 0 Å². The molecule has 0 unspecified atom stereocenters. The van der Waals surface area contributed by atoms with Gasteiger partial charge in [0.1, 0.15) is 0 Å². The van der Waals surface area contributed by atoms with Gasteiger partial charge in [-0.25, -0.2) is 0 Å². The molecule has 0 bridgehead atoms. The Balaban J connectivity index is 0. The number of hydrogen-bond donors (Lipinski definition) is 2. The molecule has 0 aromatic carbocycles. The third-order valence-corrected chi connectivity index (χ3v) is 0. The van der Waals surface area contributed by atoms with E-state index in [0.717, 1.165) is 0 Å². The molecule has 0 rings (SSSR count). The first-order valence-electron chi connectivity index (χ1n) is 1.69. The Hall–Kier alpha value is 0.0500. The minimum atomic E-state index is 0.250. The Morgan fingerprint density at radius 1 is 2.00 bits per heavy atom. The van der Waals surface area contributed by atoms with E-state index in [0.29, 0.717) is 0 Å². The highest BCUT2D eigenvalue weighted by molar-refractivity contribution is 7.83. The third kappa shape index (κ3) is 15100. The van der Waals surface area contributed by atoms with Crippen molar-refractivity contribution in [3.63, 3.8) is 0 Å². The van der Waals surface area contributed by atoms with Crippen molar-refractivity contribution < 1.29 is 5.11 Å². The van der Waals surface area contributed by atoms with E-state index in [1.165, 1.54) is 5.41 Å². The molecule has 0 atom stereocenters. The van der Waals surface area contributed by atoms with E-state index in [1.807, 2.05) is 0 Å². The van der Waals surface area contributed by atoms with E-state index >= 15 is 0 Å². The van der Waals surface area contributed by atoms with E-state index < -0.39 is 0 Å². The lowest BCUT2D eigenvalue weighted by molar-refractivity contribution is 0.318. The third-order valence-electron chi connectivity index (χ3n) is 0. The van der Waals surface area contributed by atoms with Crippen LogP contribution >= 0.6 is 12.6 Å². The van der Waals surface area contributed by atoms with Gasteiger partial charge in [-0.15, -0.1) is 0 Å². The number of thiol groups is 1. The van der Waals surface area contributed by atoms with E-state index in [4.69, 9.17) is 5.11 Å². The van der Waals surface area contributed by atoms with Crippen molar-refractivity contribution >= 4 is 12.6 Å². The van der Waals surface area contributed by atoms with Gasteiger partial charge in [0.05, 0.1) is 0 Å². The zero-order chi connectivity index (χ0) is 5.41. The maximum atomic E-state index is 7.57. The molecule has 0 radical (unpaired) electrons. The summed E-state index contributed by atoms with van der Waals surface area (Å²) < 4.78 is 0. The summed E-state index contributed by atoms with van der Waals surface area (Å²) >= 11 is 3.55. The quantitative estimate of drug-likeness (QED) is 0.442. The van der Waals surface area contributed by atoms with Crippen LogP contribution in [0.3, 0.4) is 0 Å². The fourth-order valence-corrected chi connectivity index (χ4v) is 0. The largest absolute Gasteiger partial charge is 0.397 e. The van der Waals surface area contributed by atoms with Gasteiger partial charge in [-0.3, -0.25) is 0 Å². The lowest BCUT2D eigenvalue weighted by Gasteiger charge is -1.52. The monoisotopic (exact) mass is 106 g/mol. The van der Waals surface area contributed by atoms with Gasteiger partial charge in [-0.05, 0) is 12.3 Å². The molecule has 2 heteroatoms. The van der Waals surface area contributed by atoms with Crippen molar-refractivity contribution in [1.29, 1.82) is 0 Å². The molecule has 0 spiro atoms. The van der Waals surface area contributed by atoms with Crippen molar-refractivity contribution in [2.24, 2.45) is 0 Å². The molecule has 0 aromatic heterocycles. The van der Waals surface area contributed by atoms with Crippen LogP contribution in [-0.4, -0.2) is 11.7 Å². The zero-order valence-electron chi connectivity index (χ0n) is 3.89. The van der Waals surface area contributed by atoms with Gasteiger partial charge >= 0.3 is 0 Å². The van der Waals surface area contributed by atoms with Crippen LogP contribution in [0.15, 0.2) is 12.0 Å². The number of aliphatic hydroxyl groups is 1. The zero-order valence-corrected chi connectivity index (χ0v) is 4.78. The normalized spacial score (nSPS) is 5.17. The molecule has 6 heavy (non-hydrogen) atoms. The Kier molecular flexibility index (Phi) is 30.9. The van der Waals surface area contributed by atoms with Crippen LogP contribution in [0.25, 0.3) is 0 Å². The second kappa shape index (κ2) is 19.7. The van der Waals surface area contributed by atoms with Gasteiger partial charge in [0.2, 0.25) is 0 Å². The number of rotatable bonds is 0. The molecule has 0 saturated carbocycles. The molecule has 0 amide bonds. The molecule has 0 aliphatic carbocycles. The second-order valence-corrected chi connectivity index (χ2v) is 0.864. The number of aliphatic hydroxyl groups excluding tert-OH is 1. The summed E-state index contributed by atoms with van der Waals surface area (Å²) in [5.74, 6) is 0. The van der Waals surface area contributed by atoms with Gasteiger partial charge in [0, 0.05) is 6.61 Å². The highest BCUT2D eigenvalue weighted by Crippen LogP contribution is 1.58. The highest BCUT2D eigenvalue weighted by Gasteiger charge is 1.34. The molecular formula is C4H10OS. The maximum Gasteiger partial charge on any atom is 0.0402 e. The standard InChI is InChI=1S/C2H6O.C2H4S/c2*1-2-3/h3H,2H2,1H3;2-3H,1H2. The SMILES string of the molecule is C=CS.CCO. The summed E-state index contributed by atoms with van der Waals surface area (Å²) in [7, 11) is 0. The summed E-state index contributed by atoms with van der Waals surface area (Å²) in [6.45, 7) is 5.16. The van der Waals surface area contributed by atoms with Crippen molar-refractivity contribution in [1.82, 2.24) is 0 Å². The predicted octanol–water partition coefficient (Wildman–Crippen LogP) is 1.06. The van der Waals surface area contributed by atoms with Gasteiger partial charge in [0.25, 0.3) is 0 Å². The minimum Gasteiger partial charge on any atom is -0.397 e. The summed E-state index contributed by atoms with van der Waals surface area (Å²) in [4.78, 5) is 0. The molecule has 0 saturated heterocycles. The van der Waals surface area contributed by atoms with Crippen molar-refractivity contribution in [2.75, 3.05) is 6.61 Å². The van der Waals surface area contributed by atoms with Crippen LogP contribution in [0.1, 0.15) is 6.92 Å². The van der Waals surface area contributed by atoms with Crippen LogP contribution in [0, 0.1) is 0 Å². The van der Waals surface area contributed by atoms with Crippen molar-refractivity contribution in [3.8, 4) is 0 Å². The first-order chi connectivity index (χ1) is 2.83. The predicted molar refractivity (Wildman–Crippen MR) is 31.9 cm³/mol. The summed E-state index contributed by atoms with van der Waals surface area (Å²) in [6, 6.07) is 0. The minimum absolute atomic E-state index is 0.250. The Morgan fingerprint density at radius 2 is 2.00 bits per heavy atom. The Labute approximate surface area is 44.1 Å². The van der Waals surface area contributed by atoms with Crippen molar-refractivity contribution in [3.05, 3.63) is 12.0 Å². The first kappa shape index (κ1) is 9.41. The molecule has 0 fully saturated rings. The second-order valence-electron chi connectivity index (χ2n) is 0.499. The molecule has 0 aromatic rings. The molecular weight excluding hydrogens is 96.1 g/mol. The molecule has 0 aliphatic rings. The van der Waals surface area contributed by atoms with Crippen LogP contribution < -0.4 is 0 Å². The fourth-order valence-electron chi connectivity index (χ4n) is 0. The average Bonchev–Trinajstić information content (AvgIpc) is 1.39. The van der Waals surface area contributed by atoms with Gasteiger partial charge in [0.15, 0.2) is 0 Å². The molecule has 0 aliphatic heterocycles. The summed E-state index contributed by atoms with van der Waals surface area (Å²) in [5, 5.41) is 9.01. The molecule has 38 valence electrons. The van der Waals surface area contributed by atoms with Gasteiger partial charge < -0.3 is 5.11 Å². The molecule has 1 nitrogen and oxygen atoms in total. The van der Waals surface area contributed by atoms with E-state index in [-0.39, 0.29) is 6.61 Å². The lowest BCUT2D eigenvalue weighted by atomic mass is 10.9. The fraction of sp³-hybridized carbons (Fsp3) is 0.500. The highest BCUT2D eigenvalue weighted by atomic mass is 32.1. The Bertz CT molecular complexity index is 21.5. The summed E-state index contributed by atoms with van der Waals surface area (Å²) in [6.07, 6.45) is 0. The molecule has 1 N–H and O–H groups in total. The van der Waals surface area contributed by atoms with Crippen molar-refractivity contribution in [2.45, 2.75) is 6.92 Å². The summed E-state index contributed by atoms with van der Waals surface area (Å²) in [5.41, 5.74) is 0. The smallest absolute Gasteiger partial charge is 0.0402 e. The first-order valence-corrected chi connectivity index (χ1v) is 2.21. The van der Waals surface area contributed by atoms with E-state index in [9.17, 15) is 0 Å². The number of hydrogen-bond acceptors (Lipinski definition) is 2. The lowest BCUT2D eigenvalue weighted by Crippen LogP contribution is -1.57. The van der Waals surface area contributed by atoms with Crippen LogP contribution in [0.5, 0.6) is 0 Å². The van der Waals surface area contributed by atoms with E-state index in [2.05, 4.69) is 19.2 Å². The van der Waals surface area contributed by atoms with Gasteiger partial charge in [-0.1, -0.05) is 6.58 Å². The topological polar surface area (TPSA) is 20.2 Å². The van der Waals surface area contributed by atoms with Crippen LogP contribution in [-0.2, 0) is 0 Å². The van der Waals surface area contributed by atoms with Crippen LogP contribution in [0.2, 0.25) is 0 Å². The maximum absolute atomic E-state index is 7.57. The Morgan fingerprint density at radius 3 is 2.00 bits per heavy atom. The van der Waals surface area contributed by atoms with E-state index in [1.54, 1.807) is 6.92 Å². The average molecular weight is 106 g/mol. The molecule has 0 heterocycles. The van der Waals surface area contributed by atoms with Gasteiger partial charge in [-0.2, -0.15) is 12.6 Å².